The van der Waals surface area contributed by atoms with E-state index in [2.05, 4.69) is 12.2 Å². The van der Waals surface area contributed by atoms with Crippen LogP contribution in [0.15, 0.2) is 30.3 Å². The number of nitrogens with zero attached hydrogens (tertiary/aromatic N) is 1. The highest BCUT2D eigenvalue weighted by molar-refractivity contribution is 7.80. The first kappa shape index (κ1) is 14.3. The summed E-state index contributed by atoms with van der Waals surface area (Å²) in [4.78, 5) is 5.11. The van der Waals surface area contributed by atoms with Gasteiger partial charge in [0.25, 0.3) is 0 Å². The number of benzene rings is 1. The molecule has 0 saturated heterocycles. The molecule has 1 aliphatic carbocycles. The van der Waals surface area contributed by atoms with Gasteiger partial charge in [-0.2, -0.15) is 0 Å². The highest BCUT2D eigenvalue weighted by Gasteiger charge is 2.41. The Balaban J connectivity index is 1.89. The van der Waals surface area contributed by atoms with E-state index < -0.39 is 0 Å². The Morgan fingerprint density at radius 3 is 2.81 bits per heavy atom. The van der Waals surface area contributed by atoms with Crippen LogP contribution in [0.1, 0.15) is 38.2 Å². The van der Waals surface area contributed by atoms with Crippen molar-refractivity contribution in [1.29, 1.82) is 0 Å². The average molecular weight is 299 g/mol. The summed E-state index contributed by atoms with van der Waals surface area (Å²) >= 11 is 5.18. The van der Waals surface area contributed by atoms with E-state index in [4.69, 9.17) is 22.9 Å². The zero-order valence-corrected chi connectivity index (χ0v) is 13.2. The smallest absolute Gasteiger partial charge is 0.136 e. The average Bonchev–Trinajstić information content (AvgIpc) is 3.24. The minimum Gasteiger partial charge on any atom is -0.389 e. The molecule has 0 aliphatic heterocycles. The summed E-state index contributed by atoms with van der Waals surface area (Å²) in [6.07, 6.45) is 5.12. The summed E-state index contributed by atoms with van der Waals surface area (Å²) in [5.41, 5.74) is 8.15. The SMILES string of the molecule is CCCC1(CNc2nc3ccccc3cc2C(N)=S)CC1. The van der Waals surface area contributed by atoms with Crippen molar-refractivity contribution < 1.29 is 0 Å². The molecular weight excluding hydrogens is 278 g/mol. The van der Waals surface area contributed by atoms with Crippen LogP contribution >= 0.6 is 12.2 Å². The molecule has 3 rings (SSSR count). The second-order valence-corrected chi connectivity index (χ2v) is 6.48. The van der Waals surface area contributed by atoms with Crippen molar-refractivity contribution >= 4 is 33.9 Å². The number of nitrogens with two attached hydrogens (primary N) is 1. The van der Waals surface area contributed by atoms with Crippen LogP contribution in [0.5, 0.6) is 0 Å². The summed E-state index contributed by atoms with van der Waals surface area (Å²) < 4.78 is 0. The number of thiocarbonyl (C=S) groups is 1. The van der Waals surface area contributed by atoms with E-state index in [-0.39, 0.29) is 0 Å². The predicted octanol–water partition coefficient (Wildman–Crippen LogP) is 3.86. The van der Waals surface area contributed by atoms with Crippen LogP contribution < -0.4 is 11.1 Å². The zero-order chi connectivity index (χ0) is 14.9. The lowest BCUT2D eigenvalue weighted by atomic mass is 10.0. The Kier molecular flexibility index (Phi) is 3.81. The second-order valence-electron chi connectivity index (χ2n) is 6.05. The molecule has 4 heteroatoms. The van der Waals surface area contributed by atoms with Gasteiger partial charge in [-0.15, -0.1) is 0 Å². The summed E-state index contributed by atoms with van der Waals surface area (Å²) in [5.74, 6) is 0.823. The third kappa shape index (κ3) is 3.00. The van der Waals surface area contributed by atoms with Crippen LogP contribution in [-0.2, 0) is 0 Å². The van der Waals surface area contributed by atoms with Gasteiger partial charge in [0.1, 0.15) is 10.8 Å². The molecule has 0 amide bonds. The van der Waals surface area contributed by atoms with Gasteiger partial charge in [0.15, 0.2) is 0 Å². The van der Waals surface area contributed by atoms with E-state index in [0.717, 1.165) is 28.8 Å². The Labute approximate surface area is 130 Å². The molecule has 21 heavy (non-hydrogen) atoms. The quantitative estimate of drug-likeness (QED) is 0.795. The van der Waals surface area contributed by atoms with E-state index in [0.29, 0.717) is 10.4 Å². The third-order valence-electron chi connectivity index (χ3n) is 4.36. The number of pyridine rings is 1. The van der Waals surface area contributed by atoms with Crippen molar-refractivity contribution in [2.45, 2.75) is 32.6 Å². The van der Waals surface area contributed by atoms with E-state index in [1.807, 2.05) is 30.3 Å². The van der Waals surface area contributed by atoms with Gasteiger partial charge < -0.3 is 11.1 Å². The number of aromatic nitrogens is 1. The summed E-state index contributed by atoms with van der Waals surface area (Å²) in [6, 6.07) is 10.1. The maximum Gasteiger partial charge on any atom is 0.136 e. The molecule has 0 spiro atoms. The number of rotatable bonds is 6. The zero-order valence-electron chi connectivity index (χ0n) is 12.4. The van der Waals surface area contributed by atoms with Crippen LogP contribution in [0.4, 0.5) is 5.82 Å². The number of fused-ring (bicyclic) bond motifs is 1. The van der Waals surface area contributed by atoms with Crippen LogP contribution in [0.3, 0.4) is 0 Å². The van der Waals surface area contributed by atoms with Crippen LogP contribution in [0.25, 0.3) is 10.9 Å². The molecule has 0 bridgehead atoms. The standard InChI is InChI=1S/C17H21N3S/c1-2-7-17(8-9-17)11-19-16-13(15(18)21)10-12-5-3-4-6-14(12)20-16/h3-6,10H,2,7-9,11H2,1H3,(H2,18,21)(H,19,20). The first-order chi connectivity index (χ1) is 10.1. The third-order valence-corrected chi connectivity index (χ3v) is 4.58. The first-order valence-corrected chi connectivity index (χ1v) is 7.98. The normalized spacial score (nSPS) is 15.9. The highest BCUT2D eigenvalue weighted by atomic mass is 32.1. The van der Waals surface area contributed by atoms with Gasteiger partial charge in [-0.1, -0.05) is 43.8 Å². The summed E-state index contributed by atoms with van der Waals surface area (Å²) in [5, 5.41) is 4.57. The maximum absolute atomic E-state index is 5.87. The lowest BCUT2D eigenvalue weighted by Gasteiger charge is -2.17. The number of nitrogens with one attached hydrogen (secondary N) is 1. The van der Waals surface area contributed by atoms with Crippen molar-refractivity contribution in [3.05, 3.63) is 35.9 Å². The summed E-state index contributed by atoms with van der Waals surface area (Å²) in [6.45, 7) is 3.20. The molecule has 1 heterocycles. The molecule has 1 aliphatic rings. The fourth-order valence-electron chi connectivity index (χ4n) is 2.93. The largest absolute Gasteiger partial charge is 0.389 e. The molecular formula is C17H21N3S. The minimum absolute atomic E-state index is 0.399. The van der Waals surface area contributed by atoms with Crippen molar-refractivity contribution in [3.63, 3.8) is 0 Å². The monoisotopic (exact) mass is 299 g/mol. The van der Waals surface area contributed by atoms with Gasteiger partial charge in [0.2, 0.25) is 0 Å². The number of hydrogen-bond acceptors (Lipinski definition) is 3. The first-order valence-electron chi connectivity index (χ1n) is 7.57. The van der Waals surface area contributed by atoms with Gasteiger partial charge in [-0.3, -0.25) is 0 Å². The molecule has 3 N–H and O–H groups in total. The van der Waals surface area contributed by atoms with E-state index in [1.165, 1.54) is 25.7 Å². The second kappa shape index (κ2) is 5.60. The number of anilines is 1. The molecule has 1 saturated carbocycles. The fraction of sp³-hybridized carbons (Fsp3) is 0.412. The van der Waals surface area contributed by atoms with Crippen molar-refractivity contribution in [1.82, 2.24) is 4.98 Å². The molecule has 2 aromatic rings. The molecule has 0 unspecified atom stereocenters. The van der Waals surface area contributed by atoms with Gasteiger partial charge in [-0.05, 0) is 36.8 Å². The lowest BCUT2D eigenvalue weighted by molar-refractivity contribution is 0.485. The van der Waals surface area contributed by atoms with Crippen molar-refractivity contribution in [2.24, 2.45) is 11.1 Å². The molecule has 0 radical (unpaired) electrons. The van der Waals surface area contributed by atoms with Gasteiger partial charge in [-0.25, -0.2) is 4.98 Å². The van der Waals surface area contributed by atoms with E-state index in [1.54, 1.807) is 0 Å². The Hall–Kier alpha value is -1.68. The Bertz CT molecular complexity index is 677. The molecule has 110 valence electrons. The molecule has 1 fully saturated rings. The molecule has 1 aromatic carbocycles. The van der Waals surface area contributed by atoms with Crippen LogP contribution in [0.2, 0.25) is 0 Å². The van der Waals surface area contributed by atoms with E-state index in [9.17, 15) is 0 Å². The van der Waals surface area contributed by atoms with Crippen molar-refractivity contribution in [2.75, 3.05) is 11.9 Å². The van der Waals surface area contributed by atoms with Crippen LogP contribution in [0, 0.1) is 5.41 Å². The minimum atomic E-state index is 0.399. The highest BCUT2D eigenvalue weighted by Crippen LogP contribution is 2.49. The Morgan fingerprint density at radius 2 is 2.14 bits per heavy atom. The lowest BCUT2D eigenvalue weighted by Crippen LogP contribution is -2.20. The molecule has 0 atom stereocenters. The molecule has 1 aromatic heterocycles. The number of para-hydroxylation sites is 1. The summed E-state index contributed by atoms with van der Waals surface area (Å²) in [7, 11) is 0. The van der Waals surface area contributed by atoms with Gasteiger partial charge >= 0.3 is 0 Å². The van der Waals surface area contributed by atoms with Crippen LogP contribution in [-0.4, -0.2) is 16.5 Å². The predicted molar refractivity (Wildman–Crippen MR) is 92.7 cm³/mol. The van der Waals surface area contributed by atoms with Crippen molar-refractivity contribution in [3.8, 4) is 0 Å². The topological polar surface area (TPSA) is 50.9 Å². The Morgan fingerprint density at radius 1 is 1.38 bits per heavy atom. The van der Waals surface area contributed by atoms with Gasteiger partial charge in [0.05, 0.1) is 11.1 Å². The fourth-order valence-corrected chi connectivity index (χ4v) is 3.09. The molecule has 3 nitrogen and oxygen atoms in total. The number of hydrogen-bond donors (Lipinski definition) is 2. The van der Waals surface area contributed by atoms with Gasteiger partial charge in [0, 0.05) is 11.9 Å². The van der Waals surface area contributed by atoms with E-state index >= 15 is 0 Å². The maximum atomic E-state index is 5.87.